The third kappa shape index (κ3) is 2.17. The van der Waals surface area contributed by atoms with E-state index in [9.17, 15) is 0 Å². The van der Waals surface area contributed by atoms with E-state index in [1.165, 1.54) is 5.56 Å². The maximum atomic E-state index is 4.56. The highest BCUT2D eigenvalue weighted by Gasteiger charge is 2.01. The van der Waals surface area contributed by atoms with Gasteiger partial charge in [-0.05, 0) is 44.3 Å². The average molecular weight is 251 g/mol. The molecule has 0 saturated carbocycles. The molecule has 0 N–H and O–H groups in total. The highest BCUT2D eigenvalue weighted by molar-refractivity contribution is 5.60. The number of hydrogen-bond acceptors (Lipinski definition) is 2. The molecular formula is C15H15N4-. The van der Waals surface area contributed by atoms with Gasteiger partial charge in [0, 0.05) is 17.3 Å². The van der Waals surface area contributed by atoms with E-state index in [-0.39, 0.29) is 0 Å². The second-order valence-electron chi connectivity index (χ2n) is 4.76. The first-order valence-corrected chi connectivity index (χ1v) is 6.24. The van der Waals surface area contributed by atoms with Crippen molar-refractivity contribution in [1.82, 2.24) is 19.7 Å². The third-order valence-electron chi connectivity index (χ3n) is 3.04. The minimum atomic E-state index is 0.627. The molecule has 0 unspecified atom stereocenters. The number of aryl methyl sites for hydroxylation is 3. The fourth-order valence-electron chi connectivity index (χ4n) is 2.16. The van der Waals surface area contributed by atoms with Gasteiger partial charge in [-0.1, -0.05) is 29.8 Å². The molecule has 0 aliphatic carbocycles. The third-order valence-corrected chi connectivity index (χ3v) is 3.04. The number of aromatic nitrogens is 4. The van der Waals surface area contributed by atoms with E-state index in [4.69, 9.17) is 0 Å². The first kappa shape index (κ1) is 11.7. The van der Waals surface area contributed by atoms with E-state index < -0.39 is 0 Å². The summed E-state index contributed by atoms with van der Waals surface area (Å²) in [5.41, 5.74) is 5.19. The van der Waals surface area contributed by atoms with Gasteiger partial charge in [0.2, 0.25) is 0 Å². The summed E-state index contributed by atoms with van der Waals surface area (Å²) in [6, 6.07) is 10.3. The molecule has 0 aliphatic rings. The maximum Gasteiger partial charge on any atom is 0.0444 e. The Morgan fingerprint density at radius 1 is 1.11 bits per heavy atom. The van der Waals surface area contributed by atoms with Gasteiger partial charge in [0.15, 0.2) is 0 Å². The Labute approximate surface area is 112 Å². The number of hydrogen-bond donors (Lipinski definition) is 0. The standard InChI is InChI=1S/C15H15N4/c1-10-5-4-6-13(7-10)14-9-16-15(17-14)19-12(3)8-11(2)18-19/h4-9H,1-3H3/q-1. The van der Waals surface area contributed by atoms with Crippen molar-refractivity contribution in [1.29, 1.82) is 0 Å². The first-order chi connectivity index (χ1) is 9.13. The molecule has 2 aromatic heterocycles. The van der Waals surface area contributed by atoms with Gasteiger partial charge in [0.25, 0.3) is 0 Å². The zero-order chi connectivity index (χ0) is 13.4. The molecule has 1 aromatic carbocycles. The van der Waals surface area contributed by atoms with E-state index in [1.807, 2.05) is 32.0 Å². The topological polar surface area (TPSA) is 44.8 Å². The Hall–Kier alpha value is -2.36. The smallest absolute Gasteiger partial charge is 0.0444 e. The largest absolute Gasteiger partial charge is 0.365 e. The van der Waals surface area contributed by atoms with Gasteiger partial charge in [-0.3, -0.25) is 0 Å². The quantitative estimate of drug-likeness (QED) is 0.703. The molecule has 4 heteroatoms. The fourth-order valence-corrected chi connectivity index (χ4v) is 2.16. The molecule has 0 bridgehead atoms. The number of rotatable bonds is 2. The number of nitrogens with zero attached hydrogens (tertiary/aromatic N) is 4. The van der Waals surface area contributed by atoms with Crippen LogP contribution in [-0.4, -0.2) is 14.8 Å². The molecule has 3 aromatic rings. The second kappa shape index (κ2) is 4.39. The highest BCUT2D eigenvalue weighted by atomic mass is 15.4. The lowest BCUT2D eigenvalue weighted by atomic mass is 10.1. The van der Waals surface area contributed by atoms with Gasteiger partial charge in [-0.15, -0.1) is 0 Å². The SMILES string of the molecule is Cc1cccc(-c2c[n-]c(-n3nc(C)cc3C)n2)c1. The fraction of sp³-hybridized carbons (Fsp3) is 0.200. The van der Waals surface area contributed by atoms with Crippen LogP contribution in [-0.2, 0) is 0 Å². The molecule has 0 amide bonds. The highest BCUT2D eigenvalue weighted by Crippen LogP contribution is 2.19. The van der Waals surface area contributed by atoms with Crippen molar-refractivity contribution < 1.29 is 0 Å². The summed E-state index contributed by atoms with van der Waals surface area (Å²) in [4.78, 5) is 8.91. The van der Waals surface area contributed by atoms with Crippen molar-refractivity contribution in [3.8, 4) is 17.2 Å². The van der Waals surface area contributed by atoms with Crippen LogP contribution >= 0.6 is 0 Å². The summed E-state index contributed by atoms with van der Waals surface area (Å²) in [5.74, 6) is 0.627. The maximum absolute atomic E-state index is 4.56. The zero-order valence-electron chi connectivity index (χ0n) is 11.3. The summed E-state index contributed by atoms with van der Waals surface area (Å²) in [6.07, 6.45) is 1.79. The van der Waals surface area contributed by atoms with Gasteiger partial charge in [-0.2, -0.15) is 0 Å². The van der Waals surface area contributed by atoms with Gasteiger partial charge < -0.3 is 14.6 Å². The molecule has 0 aliphatic heterocycles. The van der Waals surface area contributed by atoms with Crippen molar-refractivity contribution in [2.24, 2.45) is 0 Å². The molecular weight excluding hydrogens is 236 g/mol. The molecule has 19 heavy (non-hydrogen) atoms. The van der Waals surface area contributed by atoms with Crippen LogP contribution in [0.1, 0.15) is 17.0 Å². The van der Waals surface area contributed by atoms with Crippen molar-refractivity contribution in [3.05, 3.63) is 53.5 Å². The van der Waals surface area contributed by atoms with E-state index >= 15 is 0 Å². The Morgan fingerprint density at radius 3 is 2.63 bits per heavy atom. The van der Waals surface area contributed by atoms with Gasteiger partial charge >= 0.3 is 0 Å². The average Bonchev–Trinajstić information content (AvgIpc) is 2.96. The lowest BCUT2D eigenvalue weighted by Crippen LogP contribution is -2.02. The Bertz CT molecular complexity index is 721. The van der Waals surface area contributed by atoms with E-state index in [1.54, 1.807) is 10.9 Å². The van der Waals surface area contributed by atoms with Gasteiger partial charge in [0.1, 0.15) is 0 Å². The summed E-state index contributed by atoms with van der Waals surface area (Å²) >= 11 is 0. The molecule has 96 valence electrons. The number of imidazole rings is 1. The molecule has 0 atom stereocenters. The van der Waals surface area contributed by atoms with Crippen LogP contribution in [0.2, 0.25) is 0 Å². The van der Waals surface area contributed by atoms with Crippen LogP contribution < -0.4 is 4.98 Å². The number of benzene rings is 1. The predicted octanol–water partition coefficient (Wildman–Crippen LogP) is 2.82. The van der Waals surface area contributed by atoms with Crippen LogP contribution in [0.15, 0.2) is 36.5 Å². The molecule has 2 heterocycles. The zero-order valence-corrected chi connectivity index (χ0v) is 11.3. The molecule has 0 spiro atoms. The summed E-state index contributed by atoms with van der Waals surface area (Å²) < 4.78 is 1.77. The first-order valence-electron chi connectivity index (χ1n) is 6.24. The summed E-state index contributed by atoms with van der Waals surface area (Å²) in [6.45, 7) is 6.04. The van der Waals surface area contributed by atoms with E-state index in [2.05, 4.69) is 34.1 Å². The van der Waals surface area contributed by atoms with Crippen LogP contribution in [0, 0.1) is 20.8 Å². The van der Waals surface area contributed by atoms with Crippen LogP contribution in [0.3, 0.4) is 0 Å². The van der Waals surface area contributed by atoms with Crippen molar-refractivity contribution in [3.63, 3.8) is 0 Å². The van der Waals surface area contributed by atoms with Crippen LogP contribution in [0.25, 0.3) is 17.2 Å². The molecule has 0 saturated heterocycles. The van der Waals surface area contributed by atoms with Crippen molar-refractivity contribution in [2.45, 2.75) is 20.8 Å². The normalized spacial score (nSPS) is 10.9. The molecule has 4 nitrogen and oxygen atoms in total. The van der Waals surface area contributed by atoms with Crippen LogP contribution in [0.5, 0.6) is 0 Å². The Balaban J connectivity index is 2.02. The minimum Gasteiger partial charge on any atom is -0.365 e. The Kier molecular flexibility index (Phi) is 2.71. The lowest BCUT2D eigenvalue weighted by Gasteiger charge is -2.08. The summed E-state index contributed by atoms with van der Waals surface area (Å²) in [7, 11) is 0. The lowest BCUT2D eigenvalue weighted by molar-refractivity contribution is 0.784. The Morgan fingerprint density at radius 2 is 1.95 bits per heavy atom. The van der Waals surface area contributed by atoms with Crippen LogP contribution in [0.4, 0.5) is 0 Å². The van der Waals surface area contributed by atoms with Gasteiger partial charge in [-0.25, -0.2) is 5.10 Å². The predicted molar refractivity (Wildman–Crippen MR) is 74.3 cm³/mol. The van der Waals surface area contributed by atoms with Crippen molar-refractivity contribution >= 4 is 0 Å². The molecule has 3 rings (SSSR count). The summed E-state index contributed by atoms with van der Waals surface area (Å²) in [5, 5.41) is 4.40. The minimum absolute atomic E-state index is 0.627. The second-order valence-corrected chi connectivity index (χ2v) is 4.76. The van der Waals surface area contributed by atoms with Crippen molar-refractivity contribution in [2.75, 3.05) is 0 Å². The molecule has 0 radical (unpaired) electrons. The van der Waals surface area contributed by atoms with E-state index in [0.29, 0.717) is 5.95 Å². The van der Waals surface area contributed by atoms with E-state index in [0.717, 1.165) is 22.6 Å². The molecule has 0 fully saturated rings. The van der Waals surface area contributed by atoms with Gasteiger partial charge in [0.05, 0.1) is 0 Å². The monoisotopic (exact) mass is 251 g/mol.